The van der Waals surface area contributed by atoms with Gasteiger partial charge in [-0.1, -0.05) is 47.5 Å². The standard InChI is InChI=1S/C25H18Cl2N2O4S/c1-15(32-19-6-4-5-17(26)13-19)24(30)29-28-14-16-9-11-18(12-10-16)33-25(31)23-22(27)20-7-2-3-8-21(20)34-23/h2-15H,1H3,(H,29,30). The molecule has 0 saturated carbocycles. The number of carbonyl (C=O) groups excluding carboxylic acids is 2. The van der Waals surface area contributed by atoms with Crippen LogP contribution in [0.1, 0.15) is 22.2 Å². The Hall–Kier alpha value is -3.39. The number of halogens is 2. The lowest BCUT2D eigenvalue weighted by atomic mass is 10.2. The van der Waals surface area contributed by atoms with Gasteiger partial charge in [0.2, 0.25) is 0 Å². The Labute approximate surface area is 209 Å². The molecule has 3 aromatic carbocycles. The molecule has 34 heavy (non-hydrogen) atoms. The van der Waals surface area contributed by atoms with Crippen molar-refractivity contribution < 1.29 is 19.1 Å². The monoisotopic (exact) mass is 512 g/mol. The van der Waals surface area contributed by atoms with Crippen LogP contribution in [-0.4, -0.2) is 24.2 Å². The Balaban J connectivity index is 1.32. The zero-order chi connectivity index (χ0) is 24.1. The summed E-state index contributed by atoms with van der Waals surface area (Å²) in [5.74, 6) is -0.0833. The Bertz CT molecular complexity index is 1370. The summed E-state index contributed by atoms with van der Waals surface area (Å²) in [4.78, 5) is 25.1. The molecule has 0 aliphatic heterocycles. The quantitative estimate of drug-likeness (QED) is 0.135. The summed E-state index contributed by atoms with van der Waals surface area (Å²) in [6, 6.07) is 21.0. The van der Waals surface area contributed by atoms with Crippen molar-refractivity contribution in [3.05, 3.63) is 93.3 Å². The lowest BCUT2D eigenvalue weighted by molar-refractivity contribution is -0.127. The van der Waals surface area contributed by atoms with Crippen molar-refractivity contribution in [2.75, 3.05) is 0 Å². The highest BCUT2D eigenvalue weighted by atomic mass is 35.5. The second-order valence-corrected chi connectivity index (χ2v) is 9.02. The molecule has 1 unspecified atom stereocenters. The van der Waals surface area contributed by atoms with Crippen LogP contribution in [0.5, 0.6) is 11.5 Å². The van der Waals surface area contributed by atoms with E-state index in [1.54, 1.807) is 55.5 Å². The van der Waals surface area contributed by atoms with E-state index >= 15 is 0 Å². The number of hydrazone groups is 1. The molecule has 4 aromatic rings. The summed E-state index contributed by atoms with van der Waals surface area (Å²) in [5.41, 5.74) is 3.12. The number of hydrogen-bond acceptors (Lipinski definition) is 6. The van der Waals surface area contributed by atoms with Gasteiger partial charge in [0.1, 0.15) is 16.4 Å². The van der Waals surface area contributed by atoms with Gasteiger partial charge in [0.25, 0.3) is 5.91 Å². The third kappa shape index (κ3) is 5.75. The van der Waals surface area contributed by atoms with Crippen LogP contribution in [0.15, 0.2) is 77.9 Å². The van der Waals surface area contributed by atoms with E-state index in [2.05, 4.69) is 10.5 Å². The van der Waals surface area contributed by atoms with Crippen molar-refractivity contribution >= 4 is 62.7 Å². The number of ether oxygens (including phenoxy) is 2. The van der Waals surface area contributed by atoms with Crippen molar-refractivity contribution in [3.8, 4) is 11.5 Å². The highest BCUT2D eigenvalue weighted by molar-refractivity contribution is 7.21. The predicted molar refractivity (Wildman–Crippen MR) is 136 cm³/mol. The zero-order valence-electron chi connectivity index (χ0n) is 17.8. The van der Waals surface area contributed by atoms with Gasteiger partial charge in [-0.25, -0.2) is 10.2 Å². The number of thiophene rings is 1. The maximum Gasteiger partial charge on any atom is 0.355 e. The number of esters is 1. The number of hydrogen-bond donors (Lipinski definition) is 1. The van der Waals surface area contributed by atoms with Gasteiger partial charge < -0.3 is 9.47 Å². The number of rotatable bonds is 7. The SMILES string of the molecule is CC(Oc1cccc(Cl)c1)C(=O)NN=Cc1ccc(OC(=O)c2sc3ccccc3c2Cl)cc1. The number of fused-ring (bicyclic) bond motifs is 1. The molecule has 0 saturated heterocycles. The first-order valence-corrected chi connectivity index (χ1v) is 11.7. The summed E-state index contributed by atoms with van der Waals surface area (Å²) >= 11 is 13.5. The molecule has 1 aromatic heterocycles. The summed E-state index contributed by atoms with van der Waals surface area (Å²) in [6.45, 7) is 1.61. The molecule has 172 valence electrons. The second-order valence-electron chi connectivity index (χ2n) is 7.15. The van der Waals surface area contributed by atoms with E-state index in [1.165, 1.54) is 17.6 Å². The van der Waals surface area contributed by atoms with Gasteiger partial charge in [-0.05, 0) is 61.0 Å². The molecule has 0 fully saturated rings. The summed E-state index contributed by atoms with van der Waals surface area (Å²) in [6.07, 6.45) is 0.705. The van der Waals surface area contributed by atoms with Crippen LogP contribution in [0.4, 0.5) is 0 Å². The lowest BCUT2D eigenvalue weighted by Crippen LogP contribution is -2.33. The van der Waals surface area contributed by atoms with E-state index in [0.717, 1.165) is 10.1 Å². The third-order valence-corrected chi connectivity index (χ3v) is 6.57. The fourth-order valence-electron chi connectivity index (χ4n) is 2.98. The minimum atomic E-state index is -0.766. The van der Waals surface area contributed by atoms with Crippen LogP contribution >= 0.6 is 34.5 Å². The molecular formula is C25H18Cl2N2O4S. The van der Waals surface area contributed by atoms with Gasteiger partial charge in [-0.3, -0.25) is 4.79 Å². The van der Waals surface area contributed by atoms with Crippen LogP contribution in [0.25, 0.3) is 10.1 Å². The molecule has 6 nitrogen and oxygen atoms in total. The maximum atomic E-state index is 12.6. The van der Waals surface area contributed by atoms with Crippen molar-refractivity contribution in [2.24, 2.45) is 5.10 Å². The van der Waals surface area contributed by atoms with Crippen molar-refractivity contribution in [1.82, 2.24) is 5.43 Å². The molecular weight excluding hydrogens is 495 g/mol. The molecule has 1 amide bonds. The van der Waals surface area contributed by atoms with E-state index in [0.29, 0.717) is 32.0 Å². The second kappa shape index (κ2) is 10.7. The molecule has 0 spiro atoms. The van der Waals surface area contributed by atoms with Gasteiger partial charge in [-0.2, -0.15) is 5.10 Å². The van der Waals surface area contributed by atoms with E-state index in [1.807, 2.05) is 24.3 Å². The zero-order valence-corrected chi connectivity index (χ0v) is 20.2. The number of amides is 1. The minimum absolute atomic E-state index is 0.352. The van der Waals surface area contributed by atoms with Crippen LogP contribution in [0, 0.1) is 0 Å². The Morgan fingerprint density at radius 2 is 1.76 bits per heavy atom. The topological polar surface area (TPSA) is 77.0 Å². The van der Waals surface area contributed by atoms with E-state index in [4.69, 9.17) is 32.7 Å². The van der Waals surface area contributed by atoms with Crippen LogP contribution in [-0.2, 0) is 4.79 Å². The van der Waals surface area contributed by atoms with Gasteiger partial charge in [0.05, 0.1) is 11.2 Å². The molecule has 1 heterocycles. The molecule has 0 aliphatic rings. The number of carbonyl (C=O) groups is 2. The number of nitrogens with one attached hydrogen (secondary N) is 1. The molecule has 4 rings (SSSR count). The number of benzene rings is 3. The molecule has 0 bridgehead atoms. The average Bonchev–Trinajstić information content (AvgIpc) is 3.17. The minimum Gasteiger partial charge on any atom is -0.481 e. The normalized spacial score (nSPS) is 12.0. The number of nitrogens with zero attached hydrogens (tertiary/aromatic N) is 1. The molecule has 1 N–H and O–H groups in total. The van der Waals surface area contributed by atoms with Crippen LogP contribution in [0.2, 0.25) is 10.0 Å². The average molecular weight is 513 g/mol. The van der Waals surface area contributed by atoms with Gasteiger partial charge in [-0.15, -0.1) is 11.3 Å². The maximum absolute atomic E-state index is 12.6. The van der Waals surface area contributed by atoms with E-state index in [9.17, 15) is 9.59 Å². The smallest absolute Gasteiger partial charge is 0.355 e. The van der Waals surface area contributed by atoms with Crippen LogP contribution in [0.3, 0.4) is 0 Å². The van der Waals surface area contributed by atoms with Crippen molar-refractivity contribution in [2.45, 2.75) is 13.0 Å². The highest BCUT2D eigenvalue weighted by Crippen LogP contribution is 2.35. The molecule has 0 aliphatic carbocycles. The fraction of sp³-hybridized carbons (Fsp3) is 0.0800. The molecule has 0 radical (unpaired) electrons. The van der Waals surface area contributed by atoms with E-state index in [-0.39, 0.29) is 0 Å². The Morgan fingerprint density at radius 1 is 1.00 bits per heavy atom. The summed E-state index contributed by atoms with van der Waals surface area (Å²) < 4.78 is 11.9. The third-order valence-electron chi connectivity index (χ3n) is 4.68. The van der Waals surface area contributed by atoms with Gasteiger partial charge >= 0.3 is 5.97 Å². The van der Waals surface area contributed by atoms with Crippen LogP contribution < -0.4 is 14.9 Å². The Morgan fingerprint density at radius 3 is 2.50 bits per heavy atom. The van der Waals surface area contributed by atoms with E-state index < -0.39 is 18.0 Å². The first-order chi connectivity index (χ1) is 16.4. The lowest BCUT2D eigenvalue weighted by Gasteiger charge is -2.12. The van der Waals surface area contributed by atoms with Crippen molar-refractivity contribution in [3.63, 3.8) is 0 Å². The highest BCUT2D eigenvalue weighted by Gasteiger charge is 2.19. The van der Waals surface area contributed by atoms with Crippen molar-refractivity contribution in [1.29, 1.82) is 0 Å². The molecule has 9 heteroatoms. The summed E-state index contributed by atoms with van der Waals surface area (Å²) in [5, 5.41) is 5.67. The fourth-order valence-corrected chi connectivity index (χ4v) is 4.55. The summed E-state index contributed by atoms with van der Waals surface area (Å²) in [7, 11) is 0. The Kier molecular flexibility index (Phi) is 7.47. The first-order valence-electron chi connectivity index (χ1n) is 10.1. The largest absolute Gasteiger partial charge is 0.481 e. The van der Waals surface area contributed by atoms with Gasteiger partial charge in [0, 0.05) is 15.1 Å². The van der Waals surface area contributed by atoms with Gasteiger partial charge in [0.15, 0.2) is 6.10 Å². The predicted octanol–water partition coefficient (Wildman–Crippen LogP) is 6.34. The first kappa shape index (κ1) is 23.8. The molecule has 1 atom stereocenters.